The molecule has 2 saturated heterocycles. The van der Waals surface area contributed by atoms with Crippen LogP contribution in [0.15, 0.2) is 91.2 Å². The summed E-state index contributed by atoms with van der Waals surface area (Å²) in [6.07, 6.45) is 18.7. The molecule has 2 aromatic carbocycles. The molecule has 3 aromatic rings. The summed E-state index contributed by atoms with van der Waals surface area (Å²) >= 11 is 9.62. The normalized spacial score (nSPS) is 29.0. The zero-order valence-corrected chi connectivity index (χ0v) is 57.1. The van der Waals surface area contributed by atoms with Gasteiger partial charge in [-0.2, -0.15) is 0 Å². The molecule has 8 aliphatic rings. The molecule has 6 fully saturated rings. The fourth-order valence-corrected chi connectivity index (χ4v) is 16.3. The zero-order chi connectivity index (χ0) is 67.5. The number of carbonyl (C=O) groups is 9. The molecule has 30 heteroatoms. The number of sulfonamides is 2. The van der Waals surface area contributed by atoms with E-state index < -0.39 is 119 Å². The first kappa shape index (κ1) is 71.2. The van der Waals surface area contributed by atoms with Crippen molar-refractivity contribution in [2.75, 3.05) is 18.4 Å². The number of thiazole rings is 1. The summed E-state index contributed by atoms with van der Waals surface area (Å²) in [5.41, 5.74) is 4.79. The predicted molar refractivity (Wildman–Crippen MR) is 357 cm³/mol. The number of alkyl halides is 1. The first-order chi connectivity index (χ1) is 44.8. The minimum atomic E-state index is -3.84. The molecular weight excluding hydrogens is 1360 g/mol. The summed E-state index contributed by atoms with van der Waals surface area (Å²) < 4.78 is 65.4. The monoisotopic (exact) mass is 1440 g/mol. The number of amides is 6. The molecule has 8 N–H and O–H groups in total. The van der Waals surface area contributed by atoms with E-state index in [1.54, 1.807) is 6.20 Å². The van der Waals surface area contributed by atoms with Crippen molar-refractivity contribution in [1.82, 2.24) is 40.2 Å². The Morgan fingerprint density at radius 3 is 1.60 bits per heavy atom. The van der Waals surface area contributed by atoms with Gasteiger partial charge in [-0.25, -0.2) is 21.8 Å². The number of hydrogen-bond donors (Lipinski definition) is 7. The van der Waals surface area contributed by atoms with Crippen molar-refractivity contribution in [1.29, 1.82) is 0 Å². The van der Waals surface area contributed by atoms with Gasteiger partial charge >= 0.3 is 11.9 Å². The number of nitrogens with two attached hydrogens (primary N) is 1. The van der Waals surface area contributed by atoms with Gasteiger partial charge in [0.2, 0.25) is 43.7 Å². The Balaban J connectivity index is 0.000000195. The van der Waals surface area contributed by atoms with E-state index in [1.807, 2.05) is 85.0 Å². The molecule has 0 radical (unpaired) electrons. The van der Waals surface area contributed by atoms with E-state index in [0.29, 0.717) is 50.1 Å². The third-order valence-electron chi connectivity index (χ3n) is 17.8. The standard InChI is InChI=1S/C32H39N5O7S2.C24H35N5O7S2.C8H7BrO/c1-20(38)44-23-16-26-28(39)35-32(30(41)36-46(42,43)24-14-15-24)17-22(32)12-8-3-2-4-9-13-25(29(40)37(26)19-23)34-31-33-18-27(45-31)21-10-6-5-7-11-21;1-14(30)36-16-11-19-20(31)27-24(22(33)28-38(34,35)17-9-10-17)12-15(24)7-5-3-2-4-6-8-18(26-23(25)37)21(32)29(19)13-16;9-8(6-10)7-4-2-1-3-5-7/h5-8,10-12,18,22-26H,2-4,9,13-17,19H2,1H3,(H,33,34)(H,35,39)(H,36,41);5,7,15-19H,2-4,6,8-13H2,1H3,(H,27,31)(H,28,33)(H3,25,26,37);1-6,8H/b12-8-;7-5-;/t22-,23-,25+,26+,32-;15-,16-,18+,19+,24-;/m11./s1. The molecule has 4 saturated carbocycles. The molecule has 508 valence electrons. The fourth-order valence-electron chi connectivity index (χ4n) is 12.3. The number of halogens is 1. The Bertz CT molecular complexity index is 3610. The van der Waals surface area contributed by atoms with Crippen molar-refractivity contribution in [2.45, 2.75) is 192 Å². The highest BCUT2D eigenvalue weighted by molar-refractivity contribution is 9.09. The average Bonchev–Trinajstić information content (AvgIpc) is 1.58. The number of nitrogens with zero attached hydrogens (tertiary/aromatic N) is 3. The number of thiocarbonyl (C=S) groups is 1. The van der Waals surface area contributed by atoms with Crippen LogP contribution in [0.1, 0.15) is 140 Å². The van der Waals surface area contributed by atoms with Crippen molar-refractivity contribution in [3.05, 3.63) is 96.7 Å². The highest BCUT2D eigenvalue weighted by atomic mass is 79.9. The van der Waals surface area contributed by atoms with Crippen LogP contribution in [0.5, 0.6) is 0 Å². The van der Waals surface area contributed by atoms with E-state index in [9.17, 15) is 60.0 Å². The molecule has 25 nitrogen and oxygen atoms in total. The third-order valence-corrected chi connectivity index (χ3v) is 23.2. The SMILES string of the molecule is CC(=O)O[C@@H]1C[C@H]2C(=O)N[C@]3(C(=O)NS(=O)(=O)C4CC4)C[C@H]3/C=C\CCCCC[C@H](NC(N)=S)C(=O)N2C1.CC(=O)O[C@@H]1C[C@H]2C(=O)N[C@]3(C(=O)NS(=O)(=O)C4CC4)C[C@H]3/C=C\CCCCC[C@H](Nc3ncc(-c4ccccc4)s3)C(=O)N2C1.O=CC(Br)c1ccccc1. The van der Waals surface area contributed by atoms with Crippen LogP contribution in [0.3, 0.4) is 0 Å². The first-order valence-corrected chi connectivity index (χ1v) is 37.1. The number of benzene rings is 2. The van der Waals surface area contributed by atoms with Crippen molar-refractivity contribution in [2.24, 2.45) is 17.6 Å². The van der Waals surface area contributed by atoms with E-state index in [1.165, 1.54) is 35.0 Å². The van der Waals surface area contributed by atoms with Crippen molar-refractivity contribution >= 4 is 123 Å². The number of rotatable bonds is 14. The second-order valence-electron chi connectivity index (χ2n) is 25.1. The van der Waals surface area contributed by atoms with E-state index in [-0.39, 0.29) is 66.5 Å². The summed E-state index contributed by atoms with van der Waals surface area (Å²) in [4.78, 5) is 124. The number of ether oxygens (including phenoxy) is 2. The number of hydrogen-bond acceptors (Lipinski definition) is 19. The summed E-state index contributed by atoms with van der Waals surface area (Å²) in [6.45, 7) is 2.52. The van der Waals surface area contributed by atoms with E-state index in [0.717, 1.165) is 67.2 Å². The number of fused-ring (bicyclic) bond motifs is 4. The highest BCUT2D eigenvalue weighted by Gasteiger charge is 2.63. The van der Waals surface area contributed by atoms with Gasteiger partial charge in [0.15, 0.2) is 10.2 Å². The molecule has 6 amide bonds. The number of allylic oxidation sites excluding steroid dienone is 2. The molecule has 0 spiro atoms. The molecule has 5 heterocycles. The maximum atomic E-state index is 14.2. The summed E-state index contributed by atoms with van der Waals surface area (Å²) in [6, 6.07) is 15.8. The Morgan fingerprint density at radius 2 is 1.15 bits per heavy atom. The Labute approximate surface area is 564 Å². The second-order valence-corrected chi connectivity index (χ2v) is 31.5. The fraction of sp³-hybridized carbons (Fsp3) is 0.547. The quantitative estimate of drug-likeness (QED) is 0.0360. The van der Waals surface area contributed by atoms with Gasteiger partial charge in [-0.3, -0.25) is 47.8 Å². The van der Waals surface area contributed by atoms with Crippen molar-refractivity contribution < 1.29 is 69.5 Å². The number of aromatic nitrogens is 1. The lowest BCUT2D eigenvalue weighted by Crippen LogP contribution is -2.58. The molecule has 94 heavy (non-hydrogen) atoms. The number of nitrogens with one attached hydrogen (secondary N) is 6. The molecular formula is C64H81BrN10O15S4. The van der Waals surface area contributed by atoms with Gasteiger partial charge < -0.3 is 51.1 Å². The van der Waals surface area contributed by atoms with Crippen molar-refractivity contribution in [3.8, 4) is 10.4 Å². The third kappa shape index (κ3) is 18.4. The van der Waals surface area contributed by atoms with Gasteiger partial charge in [0.25, 0.3) is 11.8 Å². The molecule has 11 atom stereocenters. The Hall–Kier alpha value is -7.15. The highest BCUT2D eigenvalue weighted by Crippen LogP contribution is 2.48. The largest absolute Gasteiger partial charge is 0.461 e. The van der Waals surface area contributed by atoms with Crippen LogP contribution in [-0.4, -0.2) is 161 Å². The maximum absolute atomic E-state index is 14.2. The van der Waals surface area contributed by atoms with Crippen LogP contribution < -0.4 is 36.4 Å². The lowest BCUT2D eigenvalue weighted by Gasteiger charge is -2.30. The number of carbonyl (C=O) groups excluding carboxylic acids is 9. The molecule has 1 aromatic heterocycles. The topological polar surface area (TPSA) is 358 Å². The van der Waals surface area contributed by atoms with Crippen LogP contribution in [-0.2, 0) is 72.7 Å². The molecule has 4 aliphatic heterocycles. The molecule has 4 aliphatic carbocycles. The average molecular weight is 1440 g/mol. The Morgan fingerprint density at radius 1 is 0.691 bits per heavy atom. The molecule has 11 rings (SSSR count). The van der Waals surface area contributed by atoms with Crippen LogP contribution >= 0.6 is 39.5 Å². The van der Waals surface area contributed by atoms with Crippen LogP contribution in [0.25, 0.3) is 10.4 Å². The van der Waals surface area contributed by atoms with Gasteiger partial charge in [-0.05, 0) is 100 Å². The molecule has 1 unspecified atom stereocenters. The van der Waals surface area contributed by atoms with E-state index in [2.05, 4.69) is 51.6 Å². The minimum absolute atomic E-state index is 0.00933. The maximum Gasteiger partial charge on any atom is 0.302 e. The summed E-state index contributed by atoms with van der Waals surface area (Å²) in [7, 11) is -7.67. The first-order valence-electron chi connectivity index (χ1n) is 31.9. The van der Waals surface area contributed by atoms with Crippen LogP contribution in [0.2, 0.25) is 0 Å². The summed E-state index contributed by atoms with van der Waals surface area (Å²) in [5, 5.41) is 11.1. The zero-order valence-electron chi connectivity index (χ0n) is 52.3. The van der Waals surface area contributed by atoms with Gasteiger partial charge in [0.1, 0.15) is 53.7 Å². The van der Waals surface area contributed by atoms with E-state index in [4.69, 9.17) is 27.4 Å². The van der Waals surface area contributed by atoms with Gasteiger partial charge in [0, 0.05) is 44.7 Å². The van der Waals surface area contributed by atoms with Crippen LogP contribution in [0.4, 0.5) is 5.13 Å². The van der Waals surface area contributed by atoms with E-state index >= 15 is 0 Å². The number of esters is 2. The number of anilines is 1. The number of aldehydes is 1. The van der Waals surface area contributed by atoms with Gasteiger partial charge in [0.05, 0.1) is 33.3 Å². The lowest BCUT2D eigenvalue weighted by molar-refractivity contribution is -0.147. The van der Waals surface area contributed by atoms with Gasteiger partial charge in [-0.1, -0.05) is 138 Å². The smallest absolute Gasteiger partial charge is 0.302 e. The minimum Gasteiger partial charge on any atom is -0.461 e. The van der Waals surface area contributed by atoms with Crippen LogP contribution in [0, 0.1) is 11.8 Å². The van der Waals surface area contributed by atoms with Gasteiger partial charge in [-0.15, -0.1) is 0 Å². The van der Waals surface area contributed by atoms with Crippen molar-refractivity contribution in [3.63, 3.8) is 0 Å². The Kier molecular flexibility index (Phi) is 23.6. The second kappa shape index (κ2) is 31.2. The lowest BCUT2D eigenvalue weighted by atomic mass is 10.1. The predicted octanol–water partition coefficient (Wildman–Crippen LogP) is 5.17. The molecule has 0 bridgehead atoms. The summed E-state index contributed by atoms with van der Waals surface area (Å²) in [5.74, 6) is -5.34.